The molecule has 1 aromatic rings. The summed E-state index contributed by atoms with van der Waals surface area (Å²) in [5.74, 6) is -2.35. The zero-order valence-corrected chi connectivity index (χ0v) is 22.5. The second-order valence-electron chi connectivity index (χ2n) is 11.2. The quantitative estimate of drug-likeness (QED) is 0.464. The third kappa shape index (κ3) is 4.11. The van der Waals surface area contributed by atoms with E-state index in [-0.39, 0.29) is 30.3 Å². The first-order valence-electron chi connectivity index (χ1n) is 13.0. The van der Waals surface area contributed by atoms with Gasteiger partial charge in [-0.05, 0) is 50.2 Å². The van der Waals surface area contributed by atoms with Gasteiger partial charge in [-0.1, -0.05) is 51.4 Å². The Morgan fingerprint density at radius 1 is 1.28 bits per heavy atom. The summed E-state index contributed by atoms with van der Waals surface area (Å²) >= 11 is 6.33. The van der Waals surface area contributed by atoms with Gasteiger partial charge in [0.1, 0.15) is 11.6 Å². The van der Waals surface area contributed by atoms with Gasteiger partial charge in [0, 0.05) is 6.54 Å². The van der Waals surface area contributed by atoms with Crippen molar-refractivity contribution in [3.8, 4) is 0 Å². The fourth-order valence-electron chi connectivity index (χ4n) is 6.71. The number of benzene rings is 1. The molecule has 3 saturated heterocycles. The molecule has 3 heterocycles. The first-order valence-corrected chi connectivity index (χ1v) is 13.4. The number of amides is 3. The van der Waals surface area contributed by atoms with Crippen LogP contribution < -0.4 is 10.6 Å². The summed E-state index contributed by atoms with van der Waals surface area (Å²) in [6.45, 7) is 10.1. The standard InChI is InChI=1S/C27H38ClN3O5/c1-6-11-29-23(33)20-21-25(35)31(17(14-32)12-15(2)3)22(27(21)13-16(4)26(20,5)36-27)24(34)30-19-10-8-7-9-18(19)28/h7-10,15-17,20-22,32H,6,11-14H2,1-5H3,(H,29,33)(H,30,34)/t16?,17-,20-,21+,22?,26+,27?/m1/s1. The molecule has 8 nitrogen and oxygen atoms in total. The number of aliphatic hydroxyl groups is 1. The van der Waals surface area contributed by atoms with Gasteiger partial charge in [-0.3, -0.25) is 14.4 Å². The Morgan fingerprint density at radius 2 is 1.97 bits per heavy atom. The number of fused-ring (bicyclic) bond motifs is 1. The highest BCUT2D eigenvalue weighted by Crippen LogP contribution is 2.65. The van der Waals surface area contributed by atoms with Crippen LogP contribution in [0.4, 0.5) is 5.69 Å². The molecule has 198 valence electrons. The summed E-state index contributed by atoms with van der Waals surface area (Å²) in [6.07, 6.45) is 1.75. The summed E-state index contributed by atoms with van der Waals surface area (Å²) < 4.78 is 6.70. The Balaban J connectivity index is 1.80. The number of halogens is 1. The van der Waals surface area contributed by atoms with E-state index < -0.39 is 41.0 Å². The smallest absolute Gasteiger partial charge is 0.250 e. The van der Waals surface area contributed by atoms with Crippen LogP contribution in [0.5, 0.6) is 0 Å². The number of likely N-dealkylation sites (tertiary alicyclic amines) is 1. The minimum absolute atomic E-state index is 0.0489. The number of ether oxygens (including phenoxy) is 1. The van der Waals surface area contributed by atoms with Crippen LogP contribution in [-0.2, 0) is 19.1 Å². The number of para-hydroxylation sites is 1. The zero-order chi connectivity index (χ0) is 26.4. The number of hydrogen-bond acceptors (Lipinski definition) is 5. The lowest BCUT2D eigenvalue weighted by atomic mass is 9.62. The molecule has 7 atom stereocenters. The van der Waals surface area contributed by atoms with Crippen molar-refractivity contribution in [2.24, 2.45) is 23.7 Å². The first kappa shape index (κ1) is 26.9. The second kappa shape index (κ2) is 9.95. The van der Waals surface area contributed by atoms with Crippen LogP contribution in [0.25, 0.3) is 0 Å². The molecule has 1 spiro atoms. The zero-order valence-electron chi connectivity index (χ0n) is 21.7. The van der Waals surface area contributed by atoms with E-state index in [9.17, 15) is 19.5 Å². The molecule has 3 fully saturated rings. The Morgan fingerprint density at radius 3 is 2.58 bits per heavy atom. The molecule has 3 unspecified atom stereocenters. The van der Waals surface area contributed by atoms with Crippen LogP contribution in [0.2, 0.25) is 5.02 Å². The summed E-state index contributed by atoms with van der Waals surface area (Å²) in [5, 5.41) is 16.6. The predicted octanol–water partition coefficient (Wildman–Crippen LogP) is 3.22. The molecule has 4 rings (SSSR count). The highest BCUT2D eigenvalue weighted by molar-refractivity contribution is 6.33. The van der Waals surface area contributed by atoms with Gasteiger partial charge in [-0.15, -0.1) is 0 Å². The molecular formula is C27H38ClN3O5. The van der Waals surface area contributed by atoms with Crippen molar-refractivity contribution in [3.05, 3.63) is 29.3 Å². The molecule has 3 aliphatic heterocycles. The van der Waals surface area contributed by atoms with Gasteiger partial charge < -0.3 is 25.4 Å². The topological polar surface area (TPSA) is 108 Å². The summed E-state index contributed by atoms with van der Waals surface area (Å²) in [4.78, 5) is 43.1. The number of anilines is 1. The average molecular weight is 520 g/mol. The van der Waals surface area contributed by atoms with E-state index in [4.69, 9.17) is 16.3 Å². The van der Waals surface area contributed by atoms with Gasteiger partial charge in [-0.2, -0.15) is 0 Å². The molecule has 2 bridgehead atoms. The molecule has 3 aliphatic rings. The van der Waals surface area contributed by atoms with Crippen LogP contribution in [0.3, 0.4) is 0 Å². The number of nitrogens with zero attached hydrogens (tertiary/aromatic N) is 1. The second-order valence-corrected chi connectivity index (χ2v) is 11.6. The molecule has 1 aromatic carbocycles. The maximum atomic E-state index is 14.2. The van der Waals surface area contributed by atoms with E-state index in [1.165, 1.54) is 4.90 Å². The van der Waals surface area contributed by atoms with Gasteiger partial charge in [0.25, 0.3) is 0 Å². The molecule has 0 radical (unpaired) electrons. The molecule has 9 heteroatoms. The number of carbonyl (C=O) groups is 3. The number of aliphatic hydroxyl groups excluding tert-OH is 1. The van der Waals surface area contributed by atoms with Gasteiger partial charge in [0.05, 0.1) is 40.8 Å². The van der Waals surface area contributed by atoms with E-state index in [0.717, 1.165) is 6.42 Å². The van der Waals surface area contributed by atoms with Gasteiger partial charge in [0.2, 0.25) is 17.7 Å². The van der Waals surface area contributed by atoms with E-state index >= 15 is 0 Å². The maximum absolute atomic E-state index is 14.2. The van der Waals surface area contributed by atoms with E-state index in [1.54, 1.807) is 24.3 Å². The van der Waals surface area contributed by atoms with Crippen LogP contribution in [0, 0.1) is 23.7 Å². The lowest BCUT2D eigenvalue weighted by molar-refractivity contribution is -0.149. The molecule has 0 aromatic heterocycles. The van der Waals surface area contributed by atoms with Crippen LogP contribution >= 0.6 is 11.6 Å². The van der Waals surface area contributed by atoms with Crippen molar-refractivity contribution in [2.75, 3.05) is 18.5 Å². The van der Waals surface area contributed by atoms with E-state index in [2.05, 4.69) is 10.6 Å². The normalized spacial score (nSPS) is 33.7. The Hall–Kier alpha value is -2.16. The molecular weight excluding hydrogens is 482 g/mol. The fourth-order valence-corrected chi connectivity index (χ4v) is 6.89. The highest BCUT2D eigenvalue weighted by Gasteiger charge is 2.80. The van der Waals surface area contributed by atoms with Crippen molar-refractivity contribution in [1.29, 1.82) is 0 Å². The summed E-state index contributed by atoms with van der Waals surface area (Å²) in [7, 11) is 0. The Kier molecular flexibility index (Phi) is 7.43. The minimum atomic E-state index is -1.17. The summed E-state index contributed by atoms with van der Waals surface area (Å²) in [5.41, 5.74) is -1.61. The highest BCUT2D eigenvalue weighted by atomic mass is 35.5. The van der Waals surface area contributed by atoms with Crippen LogP contribution in [0.15, 0.2) is 24.3 Å². The van der Waals surface area contributed by atoms with Crippen molar-refractivity contribution >= 4 is 35.0 Å². The molecule has 0 aliphatic carbocycles. The third-order valence-corrected chi connectivity index (χ3v) is 8.64. The maximum Gasteiger partial charge on any atom is 0.250 e. The first-order chi connectivity index (χ1) is 17.0. The summed E-state index contributed by atoms with van der Waals surface area (Å²) in [6, 6.07) is 5.34. The SMILES string of the molecule is CCCNC(=O)[C@H]1[C@H]2C(=O)N([C@@H](CO)CC(C)C)C(C(=O)Nc3ccccc3Cl)C23CC(C)[C@]1(C)O3. The monoisotopic (exact) mass is 519 g/mol. The minimum Gasteiger partial charge on any atom is -0.394 e. The van der Waals surface area contributed by atoms with E-state index in [1.807, 2.05) is 34.6 Å². The number of nitrogens with one attached hydrogen (secondary N) is 2. The Labute approximate surface area is 218 Å². The molecule has 3 N–H and O–H groups in total. The predicted molar refractivity (Wildman–Crippen MR) is 137 cm³/mol. The van der Waals surface area contributed by atoms with E-state index in [0.29, 0.717) is 30.1 Å². The average Bonchev–Trinajstić information content (AvgIpc) is 3.34. The third-order valence-electron chi connectivity index (χ3n) is 8.31. The van der Waals surface area contributed by atoms with Crippen LogP contribution in [0.1, 0.15) is 53.9 Å². The van der Waals surface area contributed by atoms with Gasteiger partial charge >= 0.3 is 0 Å². The van der Waals surface area contributed by atoms with Crippen molar-refractivity contribution < 1.29 is 24.2 Å². The lowest BCUT2D eigenvalue weighted by Crippen LogP contribution is -2.56. The van der Waals surface area contributed by atoms with Crippen molar-refractivity contribution in [1.82, 2.24) is 10.2 Å². The Bertz CT molecular complexity index is 1030. The molecule has 0 saturated carbocycles. The van der Waals surface area contributed by atoms with Crippen molar-refractivity contribution in [3.63, 3.8) is 0 Å². The van der Waals surface area contributed by atoms with Crippen molar-refractivity contribution in [2.45, 2.75) is 77.2 Å². The fraction of sp³-hybridized carbons (Fsp3) is 0.667. The van der Waals surface area contributed by atoms with Gasteiger partial charge in [-0.25, -0.2) is 0 Å². The number of carbonyl (C=O) groups excluding carboxylic acids is 3. The largest absolute Gasteiger partial charge is 0.394 e. The molecule has 36 heavy (non-hydrogen) atoms. The number of rotatable bonds is 9. The van der Waals surface area contributed by atoms with Gasteiger partial charge in [0.15, 0.2) is 0 Å². The number of hydrogen-bond donors (Lipinski definition) is 3. The molecule has 3 amide bonds. The van der Waals surface area contributed by atoms with Crippen LogP contribution in [-0.4, -0.2) is 64.2 Å². The lowest BCUT2D eigenvalue weighted by Gasteiger charge is -2.37.